The highest BCUT2D eigenvalue weighted by Gasteiger charge is 2.24. The maximum atomic E-state index is 12.7. The number of hydrogen-bond donors (Lipinski definition) is 1. The van der Waals surface area contributed by atoms with E-state index in [1.165, 1.54) is 29.7 Å². The lowest BCUT2D eigenvalue weighted by Gasteiger charge is -2.28. The fourth-order valence-corrected chi connectivity index (χ4v) is 3.66. The average Bonchev–Trinajstić information content (AvgIpc) is 3.28. The van der Waals surface area contributed by atoms with Gasteiger partial charge in [0.05, 0.1) is 13.2 Å². The van der Waals surface area contributed by atoms with Crippen molar-refractivity contribution in [2.75, 3.05) is 26.7 Å². The van der Waals surface area contributed by atoms with Gasteiger partial charge in [-0.3, -0.25) is 14.5 Å². The zero-order chi connectivity index (χ0) is 20.6. The standard InChI is InChI=1S/C22H30N4O3/c1-3-4-15-26-21(27)12-11-19(24-26)22(28)23-16-20(25-13-5-6-14-25)17-7-9-18(29-2)10-8-17/h7-12,20H,3-6,13-16H2,1-2H3,(H,23,28). The number of likely N-dealkylation sites (tertiary alicyclic amines) is 1. The first kappa shape index (κ1) is 21.0. The van der Waals surface area contributed by atoms with E-state index in [0.717, 1.165) is 37.2 Å². The number of aryl methyl sites for hydroxylation is 1. The first-order valence-corrected chi connectivity index (χ1v) is 10.4. The fourth-order valence-electron chi connectivity index (χ4n) is 3.66. The number of ether oxygens (including phenoxy) is 1. The van der Waals surface area contributed by atoms with E-state index < -0.39 is 0 Å². The number of nitrogens with zero attached hydrogens (tertiary/aromatic N) is 3. The summed E-state index contributed by atoms with van der Waals surface area (Å²) in [6, 6.07) is 11.0. The molecule has 0 saturated carbocycles. The molecule has 7 heteroatoms. The first-order chi connectivity index (χ1) is 14.1. The van der Waals surface area contributed by atoms with Crippen LogP contribution in [0.15, 0.2) is 41.2 Å². The van der Waals surface area contributed by atoms with Crippen LogP contribution in [0.4, 0.5) is 0 Å². The van der Waals surface area contributed by atoms with Gasteiger partial charge in [0.2, 0.25) is 0 Å². The Bertz CT molecular complexity index is 857. The molecular weight excluding hydrogens is 368 g/mol. The Hall–Kier alpha value is -2.67. The quantitative estimate of drug-likeness (QED) is 0.703. The molecule has 1 atom stereocenters. The highest BCUT2D eigenvalue weighted by Crippen LogP contribution is 2.26. The Labute approximate surface area is 171 Å². The van der Waals surface area contributed by atoms with Crippen molar-refractivity contribution in [3.8, 4) is 5.75 Å². The van der Waals surface area contributed by atoms with Crippen LogP contribution in [-0.4, -0.2) is 47.3 Å². The second-order valence-corrected chi connectivity index (χ2v) is 7.38. The number of amides is 1. The number of aromatic nitrogens is 2. The molecule has 1 N–H and O–H groups in total. The topological polar surface area (TPSA) is 76.5 Å². The van der Waals surface area contributed by atoms with Crippen LogP contribution in [0.3, 0.4) is 0 Å². The summed E-state index contributed by atoms with van der Waals surface area (Å²) >= 11 is 0. The van der Waals surface area contributed by atoms with Crippen molar-refractivity contribution in [2.45, 2.75) is 45.2 Å². The smallest absolute Gasteiger partial charge is 0.271 e. The van der Waals surface area contributed by atoms with Gasteiger partial charge in [-0.05, 0) is 56.1 Å². The van der Waals surface area contributed by atoms with Gasteiger partial charge in [-0.1, -0.05) is 25.5 Å². The minimum atomic E-state index is -0.257. The lowest BCUT2D eigenvalue weighted by atomic mass is 10.1. The van der Waals surface area contributed by atoms with Crippen LogP contribution in [0.25, 0.3) is 0 Å². The largest absolute Gasteiger partial charge is 0.497 e. The molecule has 1 fully saturated rings. The molecule has 2 heterocycles. The highest BCUT2D eigenvalue weighted by molar-refractivity contribution is 5.92. The van der Waals surface area contributed by atoms with E-state index in [-0.39, 0.29) is 23.2 Å². The number of nitrogens with one attached hydrogen (secondary N) is 1. The monoisotopic (exact) mass is 398 g/mol. The molecule has 7 nitrogen and oxygen atoms in total. The summed E-state index contributed by atoms with van der Waals surface area (Å²) < 4.78 is 6.63. The van der Waals surface area contributed by atoms with Crippen LogP contribution in [-0.2, 0) is 6.54 Å². The van der Waals surface area contributed by atoms with Crippen LogP contribution in [0, 0.1) is 0 Å². The minimum absolute atomic E-state index is 0.0957. The molecule has 1 aromatic carbocycles. The number of hydrogen-bond acceptors (Lipinski definition) is 5. The fraction of sp³-hybridized carbons (Fsp3) is 0.500. The van der Waals surface area contributed by atoms with Crippen molar-refractivity contribution in [1.82, 2.24) is 20.0 Å². The van der Waals surface area contributed by atoms with E-state index in [2.05, 4.69) is 34.4 Å². The van der Waals surface area contributed by atoms with Crippen molar-refractivity contribution < 1.29 is 9.53 Å². The number of benzene rings is 1. The predicted molar refractivity (Wildman–Crippen MR) is 112 cm³/mol. The van der Waals surface area contributed by atoms with E-state index in [1.54, 1.807) is 7.11 Å². The summed E-state index contributed by atoms with van der Waals surface area (Å²) in [7, 11) is 1.65. The second-order valence-electron chi connectivity index (χ2n) is 7.38. The Morgan fingerprint density at radius 1 is 1.17 bits per heavy atom. The van der Waals surface area contributed by atoms with Crippen molar-refractivity contribution >= 4 is 5.91 Å². The van der Waals surface area contributed by atoms with Crippen LogP contribution >= 0.6 is 0 Å². The van der Waals surface area contributed by atoms with Crippen molar-refractivity contribution in [1.29, 1.82) is 0 Å². The molecule has 0 aliphatic carbocycles. The normalized spacial score (nSPS) is 15.2. The maximum Gasteiger partial charge on any atom is 0.271 e. The molecule has 1 aliphatic heterocycles. The third kappa shape index (κ3) is 5.44. The molecule has 1 amide bonds. The lowest BCUT2D eigenvalue weighted by molar-refractivity contribution is 0.0930. The number of carbonyl (C=O) groups excluding carboxylic acids is 1. The summed E-state index contributed by atoms with van der Waals surface area (Å²) in [6.07, 6.45) is 4.16. The van der Waals surface area contributed by atoms with Gasteiger partial charge in [0.1, 0.15) is 11.4 Å². The lowest BCUT2D eigenvalue weighted by Crippen LogP contribution is -2.37. The molecule has 1 aliphatic rings. The van der Waals surface area contributed by atoms with Gasteiger partial charge >= 0.3 is 0 Å². The number of carbonyl (C=O) groups is 1. The third-order valence-electron chi connectivity index (χ3n) is 5.36. The van der Waals surface area contributed by atoms with Gasteiger partial charge in [0.15, 0.2) is 0 Å². The summed E-state index contributed by atoms with van der Waals surface area (Å²) in [5, 5.41) is 7.26. The zero-order valence-electron chi connectivity index (χ0n) is 17.3. The van der Waals surface area contributed by atoms with Crippen molar-refractivity contribution in [2.24, 2.45) is 0 Å². The van der Waals surface area contributed by atoms with Crippen molar-refractivity contribution in [3.63, 3.8) is 0 Å². The van der Waals surface area contributed by atoms with Crippen LogP contribution < -0.4 is 15.6 Å². The van der Waals surface area contributed by atoms with E-state index in [0.29, 0.717) is 13.1 Å². The molecule has 1 saturated heterocycles. The Morgan fingerprint density at radius 2 is 1.90 bits per heavy atom. The molecule has 156 valence electrons. The van der Waals surface area contributed by atoms with Crippen LogP contribution in [0.2, 0.25) is 0 Å². The van der Waals surface area contributed by atoms with Gasteiger partial charge in [-0.25, -0.2) is 4.68 Å². The molecule has 1 aromatic heterocycles. The molecule has 0 bridgehead atoms. The van der Waals surface area contributed by atoms with E-state index >= 15 is 0 Å². The molecule has 1 unspecified atom stereocenters. The average molecular weight is 399 g/mol. The molecular formula is C22H30N4O3. The van der Waals surface area contributed by atoms with Gasteiger partial charge in [-0.2, -0.15) is 5.10 Å². The molecule has 0 spiro atoms. The third-order valence-corrected chi connectivity index (χ3v) is 5.36. The highest BCUT2D eigenvalue weighted by atomic mass is 16.5. The summed E-state index contributed by atoms with van der Waals surface area (Å²) in [5.74, 6) is 0.560. The number of unbranched alkanes of at least 4 members (excludes halogenated alkanes) is 1. The Morgan fingerprint density at radius 3 is 2.55 bits per heavy atom. The van der Waals surface area contributed by atoms with Gasteiger partial charge in [-0.15, -0.1) is 0 Å². The zero-order valence-corrected chi connectivity index (χ0v) is 17.3. The minimum Gasteiger partial charge on any atom is -0.497 e. The predicted octanol–water partition coefficient (Wildman–Crippen LogP) is 2.62. The summed E-state index contributed by atoms with van der Waals surface area (Å²) in [5.41, 5.74) is 1.24. The van der Waals surface area contributed by atoms with Gasteiger partial charge in [0, 0.05) is 19.2 Å². The first-order valence-electron chi connectivity index (χ1n) is 10.4. The van der Waals surface area contributed by atoms with E-state index in [1.807, 2.05) is 12.1 Å². The SMILES string of the molecule is CCCCn1nc(C(=O)NCC(c2ccc(OC)cc2)N2CCCC2)ccc1=O. The van der Waals surface area contributed by atoms with Crippen molar-refractivity contribution in [3.05, 3.63) is 58.0 Å². The molecule has 0 radical (unpaired) electrons. The second kappa shape index (κ2) is 10.2. The number of methoxy groups -OCH3 is 1. The Balaban J connectivity index is 1.71. The molecule has 29 heavy (non-hydrogen) atoms. The summed E-state index contributed by atoms with van der Waals surface area (Å²) in [4.78, 5) is 27.0. The number of rotatable bonds is 9. The van der Waals surface area contributed by atoms with E-state index in [9.17, 15) is 9.59 Å². The van der Waals surface area contributed by atoms with Crippen LogP contribution in [0.1, 0.15) is 54.7 Å². The van der Waals surface area contributed by atoms with Gasteiger partial charge < -0.3 is 10.1 Å². The van der Waals surface area contributed by atoms with E-state index in [4.69, 9.17) is 4.74 Å². The summed E-state index contributed by atoms with van der Waals surface area (Å²) in [6.45, 7) is 5.11. The van der Waals surface area contributed by atoms with Gasteiger partial charge in [0.25, 0.3) is 11.5 Å². The Kier molecular flexibility index (Phi) is 7.41. The molecule has 3 rings (SSSR count). The maximum absolute atomic E-state index is 12.7. The van der Waals surface area contributed by atoms with Crippen LogP contribution in [0.5, 0.6) is 5.75 Å². The molecule has 2 aromatic rings.